The molecule has 0 spiro atoms. The van der Waals surface area contributed by atoms with Gasteiger partial charge >= 0.3 is 0 Å². The van der Waals surface area contributed by atoms with Gasteiger partial charge in [0.2, 0.25) is 0 Å². The van der Waals surface area contributed by atoms with Crippen LogP contribution in [0, 0.1) is 0 Å². The summed E-state index contributed by atoms with van der Waals surface area (Å²) in [5.41, 5.74) is 2.86. The maximum atomic E-state index is 2.71. The first-order chi connectivity index (χ1) is 12.2. The Morgan fingerprint density at radius 1 is 0.920 bits per heavy atom. The van der Waals surface area contributed by atoms with Gasteiger partial charge in [-0.25, -0.2) is 0 Å². The molecular formula is C23H32N2. The second-order valence-electron chi connectivity index (χ2n) is 7.61. The summed E-state index contributed by atoms with van der Waals surface area (Å²) >= 11 is 0. The van der Waals surface area contributed by atoms with Gasteiger partial charge in [0, 0.05) is 31.7 Å². The van der Waals surface area contributed by atoms with Gasteiger partial charge in [-0.05, 0) is 44.4 Å². The van der Waals surface area contributed by atoms with E-state index in [0.717, 1.165) is 13.1 Å². The molecule has 2 aromatic rings. The Morgan fingerprint density at radius 3 is 2.20 bits per heavy atom. The van der Waals surface area contributed by atoms with Crippen LogP contribution in [0.2, 0.25) is 0 Å². The van der Waals surface area contributed by atoms with Crippen molar-refractivity contribution >= 4 is 0 Å². The summed E-state index contributed by atoms with van der Waals surface area (Å²) < 4.78 is 0. The first kappa shape index (κ1) is 18.2. The Labute approximate surface area is 153 Å². The summed E-state index contributed by atoms with van der Waals surface area (Å²) in [6, 6.07) is 23.1. The van der Waals surface area contributed by atoms with E-state index in [1.165, 1.54) is 43.5 Å². The van der Waals surface area contributed by atoms with E-state index in [4.69, 9.17) is 0 Å². The Bertz CT molecular complexity index is 609. The second-order valence-corrected chi connectivity index (χ2v) is 7.61. The highest BCUT2D eigenvalue weighted by Gasteiger charge is 2.25. The molecule has 0 amide bonds. The molecule has 2 heteroatoms. The molecule has 0 aliphatic carbocycles. The molecule has 1 unspecified atom stereocenters. The highest BCUT2D eigenvalue weighted by Crippen LogP contribution is 2.22. The average molecular weight is 337 g/mol. The molecule has 1 aliphatic rings. The van der Waals surface area contributed by atoms with Crippen molar-refractivity contribution in [2.45, 2.75) is 58.3 Å². The Kier molecular flexibility index (Phi) is 6.66. The van der Waals surface area contributed by atoms with Crippen molar-refractivity contribution in [3.05, 3.63) is 71.8 Å². The molecule has 1 aliphatic heterocycles. The van der Waals surface area contributed by atoms with Crippen LogP contribution in [0.4, 0.5) is 0 Å². The van der Waals surface area contributed by atoms with E-state index in [-0.39, 0.29) is 0 Å². The molecule has 0 aromatic heterocycles. The third-order valence-corrected chi connectivity index (χ3v) is 5.38. The van der Waals surface area contributed by atoms with Gasteiger partial charge in [0.1, 0.15) is 0 Å². The Hall–Kier alpha value is -1.64. The predicted molar refractivity (Wildman–Crippen MR) is 106 cm³/mol. The smallest absolute Gasteiger partial charge is 0.0237 e. The van der Waals surface area contributed by atoms with Crippen molar-refractivity contribution in [1.82, 2.24) is 9.80 Å². The van der Waals surface area contributed by atoms with Gasteiger partial charge in [0.15, 0.2) is 0 Å². The predicted octanol–water partition coefficient (Wildman–Crippen LogP) is 4.95. The third-order valence-electron chi connectivity index (χ3n) is 5.38. The molecule has 134 valence electrons. The van der Waals surface area contributed by atoms with Gasteiger partial charge in [0.25, 0.3) is 0 Å². The number of hydrogen-bond acceptors (Lipinski definition) is 2. The average Bonchev–Trinajstić information content (AvgIpc) is 2.64. The quantitative estimate of drug-likeness (QED) is 0.706. The van der Waals surface area contributed by atoms with Crippen LogP contribution in [-0.2, 0) is 13.1 Å². The molecule has 0 bridgehead atoms. The molecule has 1 saturated heterocycles. The summed E-state index contributed by atoms with van der Waals surface area (Å²) in [6.07, 6.45) is 4.03. The summed E-state index contributed by atoms with van der Waals surface area (Å²) in [5, 5.41) is 0. The van der Waals surface area contributed by atoms with Gasteiger partial charge in [-0.15, -0.1) is 0 Å². The fourth-order valence-corrected chi connectivity index (χ4v) is 3.84. The van der Waals surface area contributed by atoms with Crippen molar-refractivity contribution in [2.24, 2.45) is 0 Å². The van der Waals surface area contributed by atoms with Crippen LogP contribution >= 0.6 is 0 Å². The lowest BCUT2D eigenvalue weighted by Gasteiger charge is -2.40. The molecule has 25 heavy (non-hydrogen) atoms. The largest absolute Gasteiger partial charge is 0.295 e. The number of nitrogens with zero attached hydrogens (tertiary/aromatic N) is 2. The van der Waals surface area contributed by atoms with Crippen LogP contribution in [0.25, 0.3) is 0 Å². The van der Waals surface area contributed by atoms with Gasteiger partial charge in [-0.1, -0.05) is 67.1 Å². The van der Waals surface area contributed by atoms with Crippen molar-refractivity contribution in [3.63, 3.8) is 0 Å². The van der Waals surface area contributed by atoms with E-state index in [0.29, 0.717) is 12.1 Å². The molecule has 2 nitrogen and oxygen atoms in total. The first-order valence-electron chi connectivity index (χ1n) is 9.78. The van der Waals surface area contributed by atoms with E-state index in [1.807, 2.05) is 0 Å². The van der Waals surface area contributed by atoms with Crippen LogP contribution in [0.15, 0.2) is 60.7 Å². The van der Waals surface area contributed by atoms with E-state index in [2.05, 4.69) is 84.3 Å². The Balaban J connectivity index is 1.66. The minimum atomic E-state index is 0.570. The summed E-state index contributed by atoms with van der Waals surface area (Å²) in [4.78, 5) is 5.35. The van der Waals surface area contributed by atoms with Gasteiger partial charge in [-0.3, -0.25) is 9.80 Å². The topological polar surface area (TPSA) is 6.48 Å². The standard InChI is InChI=1S/C23H32N2/c1-20(2)25(18-22-13-7-4-8-14-22)19-23-15-9-10-16-24(23)17-21-11-5-3-6-12-21/h3-8,11-14,20,23H,9-10,15-19H2,1-2H3. The number of benzene rings is 2. The van der Waals surface area contributed by atoms with E-state index in [1.54, 1.807) is 0 Å². The van der Waals surface area contributed by atoms with E-state index < -0.39 is 0 Å². The van der Waals surface area contributed by atoms with Crippen LogP contribution in [-0.4, -0.2) is 35.0 Å². The molecule has 0 saturated carbocycles. The minimum absolute atomic E-state index is 0.570. The van der Waals surface area contributed by atoms with E-state index >= 15 is 0 Å². The molecular weight excluding hydrogens is 304 g/mol. The summed E-state index contributed by atoms with van der Waals surface area (Å²) in [5.74, 6) is 0. The van der Waals surface area contributed by atoms with Crippen molar-refractivity contribution in [2.75, 3.05) is 13.1 Å². The molecule has 2 aromatic carbocycles. The highest BCUT2D eigenvalue weighted by atomic mass is 15.2. The fraction of sp³-hybridized carbons (Fsp3) is 0.478. The number of hydrogen-bond donors (Lipinski definition) is 0. The first-order valence-corrected chi connectivity index (χ1v) is 9.78. The lowest BCUT2D eigenvalue weighted by molar-refractivity contribution is 0.0816. The van der Waals surface area contributed by atoms with Crippen molar-refractivity contribution in [3.8, 4) is 0 Å². The summed E-state index contributed by atoms with van der Waals surface area (Å²) in [7, 11) is 0. The third kappa shape index (κ3) is 5.42. The molecule has 0 radical (unpaired) electrons. The number of rotatable bonds is 7. The van der Waals surface area contributed by atoms with Crippen LogP contribution < -0.4 is 0 Å². The molecule has 3 rings (SSSR count). The fourth-order valence-electron chi connectivity index (χ4n) is 3.84. The van der Waals surface area contributed by atoms with Crippen molar-refractivity contribution < 1.29 is 0 Å². The SMILES string of the molecule is CC(C)N(Cc1ccccc1)CC1CCCCN1Cc1ccccc1. The highest BCUT2D eigenvalue weighted by molar-refractivity contribution is 5.15. The van der Waals surface area contributed by atoms with Crippen LogP contribution in [0.3, 0.4) is 0 Å². The number of likely N-dealkylation sites (tertiary alicyclic amines) is 1. The monoisotopic (exact) mass is 336 g/mol. The van der Waals surface area contributed by atoms with Gasteiger partial charge < -0.3 is 0 Å². The normalized spacial score (nSPS) is 18.8. The van der Waals surface area contributed by atoms with Crippen molar-refractivity contribution in [1.29, 1.82) is 0 Å². The van der Waals surface area contributed by atoms with E-state index in [9.17, 15) is 0 Å². The van der Waals surface area contributed by atoms with Gasteiger partial charge in [-0.2, -0.15) is 0 Å². The molecule has 0 N–H and O–H groups in total. The molecule has 1 fully saturated rings. The maximum absolute atomic E-state index is 2.71. The lowest BCUT2D eigenvalue weighted by Crippen LogP contribution is -2.47. The minimum Gasteiger partial charge on any atom is -0.295 e. The molecule has 1 atom stereocenters. The lowest BCUT2D eigenvalue weighted by atomic mass is 9.99. The maximum Gasteiger partial charge on any atom is 0.0237 e. The second kappa shape index (κ2) is 9.17. The summed E-state index contributed by atoms with van der Waals surface area (Å²) in [6.45, 7) is 9.19. The molecule has 1 heterocycles. The zero-order valence-corrected chi connectivity index (χ0v) is 15.8. The zero-order valence-electron chi connectivity index (χ0n) is 15.8. The Morgan fingerprint density at radius 2 is 1.56 bits per heavy atom. The zero-order chi connectivity index (χ0) is 17.5. The number of piperidine rings is 1. The van der Waals surface area contributed by atoms with Crippen LogP contribution in [0.5, 0.6) is 0 Å². The van der Waals surface area contributed by atoms with Crippen LogP contribution in [0.1, 0.15) is 44.2 Å². The van der Waals surface area contributed by atoms with Gasteiger partial charge in [0.05, 0.1) is 0 Å².